The zero-order valence-electron chi connectivity index (χ0n) is 15.3. The highest BCUT2D eigenvalue weighted by atomic mass is 19.4. The Hall–Kier alpha value is -4.29. The third-order valence-corrected chi connectivity index (χ3v) is 3.89. The normalized spacial score (nSPS) is 11.0. The van der Waals surface area contributed by atoms with Crippen LogP contribution in [0, 0.1) is 15.9 Å². The molecule has 0 saturated heterocycles. The molecule has 3 rings (SSSR count). The highest BCUT2D eigenvalue weighted by molar-refractivity contribution is 5.95. The molecule has 1 amide bonds. The Balaban J connectivity index is 1.82. The topological polar surface area (TPSA) is 122 Å². The van der Waals surface area contributed by atoms with Crippen LogP contribution in [0.1, 0.15) is 15.9 Å². The zero-order valence-corrected chi connectivity index (χ0v) is 15.3. The van der Waals surface area contributed by atoms with Gasteiger partial charge in [0.15, 0.2) is 0 Å². The summed E-state index contributed by atoms with van der Waals surface area (Å²) in [5.74, 6) is -2.49. The highest BCUT2D eigenvalue weighted by Gasteiger charge is 2.30. The van der Waals surface area contributed by atoms with Crippen molar-refractivity contribution in [2.75, 3.05) is 10.7 Å². The van der Waals surface area contributed by atoms with Crippen LogP contribution >= 0.6 is 0 Å². The predicted molar refractivity (Wildman–Crippen MR) is 101 cm³/mol. The molecule has 0 aliphatic heterocycles. The molecule has 2 aromatic carbocycles. The minimum atomic E-state index is -4.53. The minimum absolute atomic E-state index is 0.0937. The first-order chi connectivity index (χ1) is 14.7. The number of nitro groups is 1. The van der Waals surface area contributed by atoms with Gasteiger partial charge in [0.1, 0.15) is 12.1 Å². The van der Waals surface area contributed by atoms with Crippen LogP contribution in [0.4, 0.5) is 40.6 Å². The fourth-order valence-corrected chi connectivity index (χ4v) is 2.44. The monoisotopic (exact) mass is 436 g/mol. The molecule has 0 fully saturated rings. The standard InChI is InChI=1S/C18H12F4N6O3/c19-13-4-2-1-3-12(13)17(29)27-26-16-14(28(30)31)15(23-9-24-16)25-11-7-5-10(6-8-11)18(20,21)22/h1-9H,(H,27,29)(H2,23,24,25,26). The molecule has 0 bridgehead atoms. The number of hydrogen-bond acceptors (Lipinski definition) is 7. The van der Waals surface area contributed by atoms with Gasteiger partial charge in [-0.15, -0.1) is 0 Å². The van der Waals surface area contributed by atoms with Gasteiger partial charge in [0.2, 0.25) is 11.6 Å². The maximum atomic E-state index is 13.7. The summed E-state index contributed by atoms with van der Waals surface area (Å²) in [6, 6.07) is 8.81. The van der Waals surface area contributed by atoms with Gasteiger partial charge in [-0.2, -0.15) is 13.2 Å². The van der Waals surface area contributed by atoms with Gasteiger partial charge >= 0.3 is 11.9 Å². The average Bonchev–Trinajstić information content (AvgIpc) is 2.72. The van der Waals surface area contributed by atoms with E-state index in [-0.39, 0.29) is 17.1 Å². The van der Waals surface area contributed by atoms with Crippen molar-refractivity contribution in [3.8, 4) is 0 Å². The van der Waals surface area contributed by atoms with Gasteiger partial charge in [-0.05, 0) is 36.4 Å². The van der Waals surface area contributed by atoms with Crippen LogP contribution in [0.25, 0.3) is 0 Å². The SMILES string of the molecule is O=C(NNc1ncnc(Nc2ccc(C(F)(F)F)cc2)c1[N+](=O)[O-])c1ccccc1F. The summed E-state index contributed by atoms with van der Waals surface area (Å²) in [4.78, 5) is 30.1. The molecular formula is C18H12F4N6O3. The van der Waals surface area contributed by atoms with Crippen molar-refractivity contribution in [3.63, 3.8) is 0 Å². The van der Waals surface area contributed by atoms with Crippen LogP contribution in [-0.4, -0.2) is 20.8 Å². The second kappa shape index (κ2) is 8.61. The molecule has 3 N–H and O–H groups in total. The summed E-state index contributed by atoms with van der Waals surface area (Å²) in [5, 5.41) is 14.0. The number of aromatic nitrogens is 2. The van der Waals surface area contributed by atoms with E-state index in [9.17, 15) is 32.5 Å². The first kappa shape index (κ1) is 21.4. The van der Waals surface area contributed by atoms with Gasteiger partial charge in [0.25, 0.3) is 5.91 Å². The number of anilines is 3. The van der Waals surface area contributed by atoms with Crippen molar-refractivity contribution in [2.24, 2.45) is 0 Å². The quantitative estimate of drug-likeness (QED) is 0.303. The first-order valence-electron chi connectivity index (χ1n) is 8.41. The molecular weight excluding hydrogens is 424 g/mol. The highest BCUT2D eigenvalue weighted by Crippen LogP contribution is 2.33. The number of amides is 1. The number of alkyl halides is 3. The number of nitrogens with zero attached hydrogens (tertiary/aromatic N) is 3. The zero-order chi connectivity index (χ0) is 22.6. The van der Waals surface area contributed by atoms with Crippen molar-refractivity contribution < 1.29 is 27.3 Å². The number of carbonyl (C=O) groups is 1. The van der Waals surface area contributed by atoms with Crippen molar-refractivity contribution in [1.82, 2.24) is 15.4 Å². The number of hydrogen-bond donors (Lipinski definition) is 3. The van der Waals surface area contributed by atoms with E-state index in [1.165, 1.54) is 18.2 Å². The van der Waals surface area contributed by atoms with E-state index in [4.69, 9.17) is 0 Å². The fourth-order valence-electron chi connectivity index (χ4n) is 2.44. The molecule has 13 heteroatoms. The third-order valence-electron chi connectivity index (χ3n) is 3.89. The first-order valence-corrected chi connectivity index (χ1v) is 8.41. The lowest BCUT2D eigenvalue weighted by Gasteiger charge is -2.12. The smallest absolute Gasteiger partial charge is 0.334 e. The van der Waals surface area contributed by atoms with Crippen molar-refractivity contribution in [1.29, 1.82) is 0 Å². The Kier molecular flexibility index (Phi) is 5.95. The van der Waals surface area contributed by atoms with Gasteiger partial charge in [0.05, 0.1) is 16.1 Å². The number of benzene rings is 2. The van der Waals surface area contributed by atoms with Gasteiger partial charge in [-0.1, -0.05) is 12.1 Å². The van der Waals surface area contributed by atoms with Crippen LogP contribution < -0.4 is 16.2 Å². The predicted octanol–water partition coefficient (Wildman–Crippen LogP) is 4.04. The van der Waals surface area contributed by atoms with Gasteiger partial charge in [-0.25, -0.2) is 14.4 Å². The Morgan fingerprint density at radius 2 is 1.65 bits per heavy atom. The number of hydrazine groups is 1. The lowest BCUT2D eigenvalue weighted by molar-refractivity contribution is -0.383. The van der Waals surface area contributed by atoms with E-state index >= 15 is 0 Å². The molecule has 9 nitrogen and oxygen atoms in total. The van der Waals surface area contributed by atoms with Crippen LogP contribution in [0.5, 0.6) is 0 Å². The second-order valence-electron chi connectivity index (χ2n) is 5.94. The van der Waals surface area contributed by atoms with E-state index in [2.05, 4.69) is 26.1 Å². The minimum Gasteiger partial charge on any atom is -0.334 e. The Labute approximate surface area is 171 Å². The van der Waals surface area contributed by atoms with E-state index in [0.29, 0.717) is 0 Å². The summed E-state index contributed by atoms with van der Waals surface area (Å²) in [7, 11) is 0. The molecule has 160 valence electrons. The Morgan fingerprint density at radius 1 is 1.00 bits per heavy atom. The summed E-state index contributed by atoms with van der Waals surface area (Å²) >= 11 is 0. The Bertz CT molecular complexity index is 1120. The molecule has 0 aliphatic carbocycles. The van der Waals surface area contributed by atoms with E-state index in [0.717, 1.165) is 36.7 Å². The van der Waals surface area contributed by atoms with Crippen LogP contribution in [-0.2, 0) is 6.18 Å². The molecule has 1 aromatic heterocycles. The molecule has 0 saturated carbocycles. The molecule has 0 unspecified atom stereocenters. The maximum absolute atomic E-state index is 13.7. The largest absolute Gasteiger partial charge is 0.416 e. The second-order valence-corrected chi connectivity index (χ2v) is 5.94. The summed E-state index contributed by atoms with van der Waals surface area (Å²) in [6.07, 6.45) is -3.61. The molecule has 1 heterocycles. The van der Waals surface area contributed by atoms with Crippen molar-refractivity contribution in [3.05, 3.63) is 81.9 Å². The van der Waals surface area contributed by atoms with E-state index in [1.807, 2.05) is 0 Å². The van der Waals surface area contributed by atoms with E-state index < -0.39 is 39.9 Å². The molecule has 31 heavy (non-hydrogen) atoms. The number of halogens is 4. The molecule has 0 spiro atoms. The van der Waals surface area contributed by atoms with E-state index in [1.54, 1.807) is 0 Å². The number of carbonyl (C=O) groups excluding carboxylic acids is 1. The van der Waals surface area contributed by atoms with Crippen LogP contribution in [0.2, 0.25) is 0 Å². The fraction of sp³-hybridized carbons (Fsp3) is 0.0556. The van der Waals surface area contributed by atoms with Crippen molar-refractivity contribution >= 4 is 28.9 Å². The van der Waals surface area contributed by atoms with Crippen molar-refractivity contribution in [2.45, 2.75) is 6.18 Å². The van der Waals surface area contributed by atoms with Crippen LogP contribution in [0.3, 0.4) is 0 Å². The summed E-state index contributed by atoms with van der Waals surface area (Å²) < 4.78 is 51.7. The molecule has 0 aliphatic rings. The maximum Gasteiger partial charge on any atom is 0.416 e. The Morgan fingerprint density at radius 3 is 2.26 bits per heavy atom. The third kappa shape index (κ3) is 5.01. The summed E-state index contributed by atoms with van der Waals surface area (Å²) in [5.41, 5.74) is 2.51. The number of nitrogens with one attached hydrogen (secondary N) is 3. The lowest BCUT2D eigenvalue weighted by Crippen LogP contribution is -2.31. The van der Waals surface area contributed by atoms with Crippen LogP contribution in [0.15, 0.2) is 54.9 Å². The summed E-state index contributed by atoms with van der Waals surface area (Å²) in [6.45, 7) is 0. The lowest BCUT2D eigenvalue weighted by atomic mass is 10.2. The molecule has 0 atom stereocenters. The molecule has 0 radical (unpaired) electrons. The average molecular weight is 436 g/mol. The van der Waals surface area contributed by atoms with Gasteiger partial charge in [-0.3, -0.25) is 25.8 Å². The van der Waals surface area contributed by atoms with Gasteiger partial charge < -0.3 is 5.32 Å². The molecule has 3 aromatic rings. The number of rotatable bonds is 6. The van der Waals surface area contributed by atoms with Gasteiger partial charge in [0, 0.05) is 5.69 Å².